The number of methoxy groups -OCH3 is 1. The molecule has 0 aromatic rings. The number of carbonyl (C=O) groups is 3. The molecule has 5 saturated carbocycles. The molecule has 2 N–H and O–H groups in total. The first-order chi connectivity index (χ1) is 24.0. The number of aliphatic hydroxyl groups excluding tert-OH is 1. The minimum atomic E-state index is -1.25. The number of Topliss-reactive ketones (excluding diaryl/α,β-unsaturated/α-hetero) is 1. The molecule has 1 unspecified atom stereocenters. The fraction of sp³-hybridized carbons (Fsp3) is 0.837. The van der Waals surface area contributed by atoms with Gasteiger partial charge in [0.05, 0.1) is 23.7 Å². The lowest BCUT2D eigenvalue weighted by Gasteiger charge is -2.71. The number of amides is 1. The molecule has 0 aromatic heterocycles. The molecule has 9 rings (SSSR count). The summed E-state index contributed by atoms with van der Waals surface area (Å²) < 4.78 is 11.5. The minimum Gasteiger partial charge on any atom is -0.448 e. The number of nitrogens with zero attached hydrogens (tertiary/aromatic N) is 1. The predicted molar refractivity (Wildman–Crippen MR) is 193 cm³/mol. The highest BCUT2D eigenvalue weighted by molar-refractivity contribution is 6.00. The molecule has 1 heterocycles. The molecule has 51 heavy (non-hydrogen) atoms. The van der Waals surface area contributed by atoms with E-state index < -0.39 is 32.9 Å². The zero-order valence-electron chi connectivity index (χ0n) is 32.2. The third kappa shape index (κ3) is 4.33. The zero-order chi connectivity index (χ0) is 36.5. The van der Waals surface area contributed by atoms with Crippen molar-refractivity contribution in [2.24, 2.45) is 50.2 Å². The smallest absolute Gasteiger partial charge is 0.313 e. The van der Waals surface area contributed by atoms with Gasteiger partial charge in [0.2, 0.25) is 0 Å². The summed E-state index contributed by atoms with van der Waals surface area (Å²) in [6.07, 6.45) is 19.1. The maximum atomic E-state index is 14.9. The number of hydrogen-bond acceptors (Lipinski definition) is 7. The first-order valence-corrected chi connectivity index (χ1v) is 20.4. The lowest BCUT2D eigenvalue weighted by molar-refractivity contribution is -0.188. The van der Waals surface area contributed by atoms with Gasteiger partial charge in [-0.1, -0.05) is 65.2 Å². The number of esters is 1. The van der Waals surface area contributed by atoms with Crippen LogP contribution in [-0.2, 0) is 23.9 Å². The summed E-state index contributed by atoms with van der Waals surface area (Å²) in [6, 6.07) is 0. The van der Waals surface area contributed by atoms with Crippen molar-refractivity contribution in [2.75, 3.05) is 26.8 Å². The molecular formula is C43H63NO7. The molecule has 8 aliphatic carbocycles. The molecule has 6 fully saturated rings. The van der Waals surface area contributed by atoms with Crippen LogP contribution in [-0.4, -0.2) is 76.9 Å². The molecule has 10 atom stereocenters. The van der Waals surface area contributed by atoms with Crippen LogP contribution in [0.2, 0.25) is 0 Å². The van der Waals surface area contributed by atoms with E-state index in [1.165, 1.54) is 6.42 Å². The molecule has 1 amide bonds. The second-order valence-corrected chi connectivity index (χ2v) is 19.8. The van der Waals surface area contributed by atoms with E-state index in [-0.39, 0.29) is 53.1 Å². The van der Waals surface area contributed by atoms with Gasteiger partial charge in [-0.3, -0.25) is 14.4 Å². The highest BCUT2D eigenvalue weighted by Gasteiger charge is 2.78. The van der Waals surface area contributed by atoms with Gasteiger partial charge in [0.15, 0.2) is 11.4 Å². The van der Waals surface area contributed by atoms with Gasteiger partial charge in [0.1, 0.15) is 0 Å². The summed E-state index contributed by atoms with van der Waals surface area (Å²) in [7, 11) is 1.66. The van der Waals surface area contributed by atoms with Gasteiger partial charge in [-0.15, -0.1) is 0 Å². The van der Waals surface area contributed by atoms with Crippen LogP contribution in [0, 0.1) is 50.2 Å². The Labute approximate surface area is 305 Å². The average Bonchev–Trinajstić information content (AvgIpc) is 3.55. The second kappa shape index (κ2) is 11.5. The van der Waals surface area contributed by atoms with Crippen LogP contribution in [0.3, 0.4) is 0 Å². The van der Waals surface area contributed by atoms with E-state index in [1.54, 1.807) is 7.11 Å². The van der Waals surface area contributed by atoms with E-state index >= 15 is 0 Å². The van der Waals surface area contributed by atoms with Gasteiger partial charge in [-0.05, 0) is 101 Å². The fourth-order valence-corrected chi connectivity index (χ4v) is 14.1. The normalized spacial score (nSPS) is 47.7. The van der Waals surface area contributed by atoms with E-state index in [0.717, 1.165) is 63.4 Å². The largest absolute Gasteiger partial charge is 0.448 e. The number of hydrogen-bond donors (Lipinski definition) is 2. The monoisotopic (exact) mass is 705 g/mol. The Kier molecular flexibility index (Phi) is 8.10. The molecule has 8 nitrogen and oxygen atoms in total. The van der Waals surface area contributed by atoms with E-state index in [2.05, 4.69) is 32.1 Å². The summed E-state index contributed by atoms with van der Waals surface area (Å²) in [5.74, 6) is 0.164. The van der Waals surface area contributed by atoms with Crippen molar-refractivity contribution in [3.05, 3.63) is 23.8 Å². The fourth-order valence-electron chi connectivity index (χ4n) is 14.1. The number of carbonyl (C=O) groups excluding carboxylic acids is 3. The SMILES string of the molecule is COCCCN(C[C@]1(O)CC[C@H]2[C@]34C=C[C@@]5(C=C3C(=O)C3CCCCC3)CC(O)CC[C@]5(C)[C@H]4CC[C@@]21C)C(=O)[C@@]12CC[C@@](C)(C(=O)O1)C2(C)C. The van der Waals surface area contributed by atoms with Crippen LogP contribution in [0.25, 0.3) is 0 Å². The predicted octanol–water partition coefficient (Wildman–Crippen LogP) is 6.71. The van der Waals surface area contributed by atoms with Crippen molar-refractivity contribution in [3.63, 3.8) is 0 Å². The van der Waals surface area contributed by atoms with Crippen molar-refractivity contribution < 1.29 is 34.1 Å². The highest BCUT2D eigenvalue weighted by atomic mass is 16.6. The van der Waals surface area contributed by atoms with E-state index in [1.807, 2.05) is 25.7 Å². The van der Waals surface area contributed by atoms with Crippen LogP contribution >= 0.6 is 0 Å². The molecule has 0 radical (unpaired) electrons. The second-order valence-electron chi connectivity index (χ2n) is 19.8. The zero-order valence-corrected chi connectivity index (χ0v) is 32.2. The van der Waals surface area contributed by atoms with Crippen LogP contribution < -0.4 is 0 Å². The molecule has 282 valence electrons. The van der Waals surface area contributed by atoms with Crippen LogP contribution in [0.4, 0.5) is 0 Å². The maximum Gasteiger partial charge on any atom is 0.313 e. The Bertz CT molecular complexity index is 1560. The number of aliphatic hydroxyl groups is 2. The Balaban J connectivity index is 1.18. The Morgan fingerprint density at radius 3 is 2.25 bits per heavy atom. The van der Waals surface area contributed by atoms with E-state index in [4.69, 9.17) is 9.47 Å². The van der Waals surface area contributed by atoms with Crippen molar-refractivity contribution in [2.45, 2.75) is 148 Å². The van der Waals surface area contributed by atoms with Gasteiger partial charge in [0, 0.05) is 53.4 Å². The number of ketones is 1. The Hall–Kier alpha value is -2.03. The third-order valence-corrected chi connectivity index (χ3v) is 17.9. The van der Waals surface area contributed by atoms with Crippen molar-refractivity contribution in [1.82, 2.24) is 4.90 Å². The molecule has 2 spiro atoms. The first-order valence-electron chi connectivity index (χ1n) is 20.4. The van der Waals surface area contributed by atoms with Gasteiger partial charge in [0.25, 0.3) is 5.91 Å². The lowest BCUT2D eigenvalue weighted by Crippen LogP contribution is -2.68. The molecule has 8 heteroatoms. The maximum absolute atomic E-state index is 14.9. The van der Waals surface area contributed by atoms with Crippen LogP contribution in [0.1, 0.15) is 131 Å². The van der Waals surface area contributed by atoms with Crippen LogP contribution in [0.5, 0.6) is 0 Å². The Morgan fingerprint density at radius 1 is 0.902 bits per heavy atom. The lowest BCUT2D eigenvalue weighted by atomic mass is 9.32. The van der Waals surface area contributed by atoms with Crippen molar-refractivity contribution >= 4 is 17.7 Å². The van der Waals surface area contributed by atoms with Gasteiger partial charge in [-0.25, -0.2) is 0 Å². The Morgan fingerprint density at radius 2 is 1.59 bits per heavy atom. The molecule has 0 aromatic carbocycles. The number of rotatable bonds is 9. The first kappa shape index (κ1) is 36.0. The number of fused-ring (bicyclic) bond motifs is 3. The van der Waals surface area contributed by atoms with Crippen molar-refractivity contribution in [3.8, 4) is 0 Å². The van der Waals surface area contributed by atoms with Crippen LogP contribution in [0.15, 0.2) is 23.8 Å². The standard InChI is InChI=1S/C43H63NO7/c1-36(2)39(5)19-22-43(36,51-35(39)48)34(47)44(23-10-24-50-6)27-41(49)18-15-32-38(41,4)17-14-31-37(3)16-13-29(45)25-40(37)20-21-42(31,32)30(26-40)33(46)28-11-8-7-9-12-28/h20-21,26,28-29,31-32,45,49H,7-19,22-25,27H2,1-6H3/t29?,31-,32-,37-,38+,39+,40+,41-,42-,43-/m1/s1. The summed E-state index contributed by atoms with van der Waals surface area (Å²) in [6.45, 7) is 11.7. The summed E-state index contributed by atoms with van der Waals surface area (Å²) in [5.41, 5.74) is -4.30. The molecule has 9 aliphatic rings. The average molecular weight is 706 g/mol. The van der Waals surface area contributed by atoms with Crippen molar-refractivity contribution in [1.29, 1.82) is 0 Å². The minimum absolute atomic E-state index is 0.0374. The topological polar surface area (TPSA) is 113 Å². The van der Waals surface area contributed by atoms with Gasteiger partial charge >= 0.3 is 5.97 Å². The highest BCUT2D eigenvalue weighted by Crippen LogP contribution is 2.78. The number of ether oxygens (including phenoxy) is 2. The van der Waals surface area contributed by atoms with Gasteiger partial charge in [-0.2, -0.15) is 0 Å². The number of allylic oxidation sites excluding steroid dienone is 4. The summed E-state index contributed by atoms with van der Waals surface area (Å²) in [5, 5.41) is 24.2. The summed E-state index contributed by atoms with van der Waals surface area (Å²) in [4.78, 5) is 44.9. The van der Waals surface area contributed by atoms with E-state index in [9.17, 15) is 24.6 Å². The third-order valence-electron chi connectivity index (χ3n) is 17.9. The molecule has 1 aliphatic heterocycles. The molecule has 1 saturated heterocycles. The quantitative estimate of drug-likeness (QED) is 0.156. The molecule has 4 bridgehead atoms. The summed E-state index contributed by atoms with van der Waals surface area (Å²) >= 11 is 0. The van der Waals surface area contributed by atoms with E-state index in [0.29, 0.717) is 51.0 Å². The molecular weight excluding hydrogens is 642 g/mol. The van der Waals surface area contributed by atoms with Gasteiger partial charge < -0.3 is 24.6 Å².